The summed E-state index contributed by atoms with van der Waals surface area (Å²) in [6.07, 6.45) is 1.61. The third kappa shape index (κ3) is 5.32. The fraction of sp³-hybridized carbons (Fsp3) is 0.150. The monoisotopic (exact) mass is 652 g/mol. The number of halogens is 3. The molecule has 0 aromatic heterocycles. The average molecular weight is 652 g/mol. The number of para-hydroxylation sites is 1. The predicted molar refractivity (Wildman–Crippen MR) is 131 cm³/mol. The van der Waals surface area contributed by atoms with Gasteiger partial charge in [-0.3, -0.25) is 19.3 Å². The van der Waals surface area contributed by atoms with Crippen molar-refractivity contribution in [3.8, 4) is 5.75 Å². The molecule has 2 aromatic carbocycles. The summed E-state index contributed by atoms with van der Waals surface area (Å²) >= 11 is 5.07. The van der Waals surface area contributed by atoms with E-state index in [1.165, 1.54) is 18.2 Å². The Kier molecular flexibility index (Phi) is 7.74. The van der Waals surface area contributed by atoms with Gasteiger partial charge in [-0.1, -0.05) is 12.1 Å². The summed E-state index contributed by atoms with van der Waals surface area (Å²) in [7, 11) is 0. The number of thioether (sulfide) groups is 1. The zero-order valence-electron chi connectivity index (χ0n) is 15.6. The van der Waals surface area contributed by atoms with Crippen LogP contribution < -0.4 is 10.1 Å². The zero-order valence-corrected chi connectivity index (χ0v) is 20.7. The number of hydrogen-bond acceptors (Lipinski definition) is 5. The van der Waals surface area contributed by atoms with E-state index in [-0.39, 0.29) is 10.6 Å². The van der Waals surface area contributed by atoms with Gasteiger partial charge < -0.3 is 10.1 Å². The Morgan fingerprint density at radius 3 is 2.53 bits per heavy atom. The molecule has 0 spiro atoms. The van der Waals surface area contributed by atoms with E-state index >= 15 is 0 Å². The van der Waals surface area contributed by atoms with E-state index in [0.717, 1.165) is 35.1 Å². The number of amides is 3. The van der Waals surface area contributed by atoms with E-state index in [1.54, 1.807) is 12.1 Å². The van der Waals surface area contributed by atoms with Crippen LogP contribution in [0.5, 0.6) is 5.75 Å². The molecule has 0 unspecified atom stereocenters. The summed E-state index contributed by atoms with van der Waals surface area (Å²) in [5, 5.41) is 1.82. The maximum Gasteiger partial charge on any atom is 0.294 e. The van der Waals surface area contributed by atoms with Crippen molar-refractivity contribution in [2.75, 3.05) is 18.5 Å². The fourth-order valence-electron chi connectivity index (χ4n) is 2.63. The van der Waals surface area contributed by atoms with Crippen LogP contribution in [0.4, 0.5) is 14.9 Å². The number of ether oxygens (including phenoxy) is 1. The molecular formula is C20H15FI2N2O4S. The van der Waals surface area contributed by atoms with Crippen molar-refractivity contribution >= 4 is 85.8 Å². The van der Waals surface area contributed by atoms with Crippen LogP contribution in [0, 0.1) is 13.0 Å². The van der Waals surface area contributed by atoms with Gasteiger partial charge in [-0.2, -0.15) is 0 Å². The van der Waals surface area contributed by atoms with Gasteiger partial charge >= 0.3 is 0 Å². The maximum absolute atomic E-state index is 13.7. The van der Waals surface area contributed by atoms with Crippen LogP contribution in [0.2, 0.25) is 0 Å². The fourth-order valence-corrected chi connectivity index (χ4v) is 5.59. The van der Waals surface area contributed by atoms with Crippen molar-refractivity contribution in [1.82, 2.24) is 4.90 Å². The summed E-state index contributed by atoms with van der Waals surface area (Å²) in [6.45, 7) is 1.95. The number of nitrogens with one attached hydrogen (secondary N) is 1. The second-order valence-electron chi connectivity index (χ2n) is 6.04. The molecule has 2 aromatic rings. The molecule has 3 rings (SSSR count). The molecule has 3 amide bonds. The van der Waals surface area contributed by atoms with E-state index < -0.39 is 29.4 Å². The summed E-state index contributed by atoms with van der Waals surface area (Å²) in [5.74, 6) is -1.05. The summed E-state index contributed by atoms with van der Waals surface area (Å²) in [4.78, 5) is 38.2. The molecule has 1 N–H and O–H groups in total. The van der Waals surface area contributed by atoms with Crippen molar-refractivity contribution in [2.45, 2.75) is 6.92 Å². The molecule has 0 radical (unpaired) electrons. The third-order valence-corrected chi connectivity index (χ3v) is 6.44. The average Bonchev–Trinajstić information content (AvgIpc) is 2.94. The number of rotatable bonds is 6. The zero-order chi connectivity index (χ0) is 21.8. The summed E-state index contributed by atoms with van der Waals surface area (Å²) in [6, 6.07) is 9.38. The normalized spacial score (nSPS) is 15.1. The minimum absolute atomic E-state index is 0.0106. The number of imide groups is 1. The molecule has 1 saturated heterocycles. The lowest BCUT2D eigenvalue weighted by molar-refractivity contribution is -0.127. The van der Waals surface area contributed by atoms with Gasteiger partial charge in [0.2, 0.25) is 5.91 Å². The van der Waals surface area contributed by atoms with Gasteiger partial charge in [-0.25, -0.2) is 4.39 Å². The van der Waals surface area contributed by atoms with Crippen molar-refractivity contribution in [3.63, 3.8) is 0 Å². The SMILES string of the molecule is CCOc1c(I)cc(/C=C2\SC(=O)N(CC(=O)Nc3ccccc3F)C2=O)cc1I. The molecule has 10 heteroatoms. The lowest BCUT2D eigenvalue weighted by Gasteiger charge is -2.12. The number of nitrogens with zero attached hydrogens (tertiary/aromatic N) is 1. The molecule has 1 aliphatic heterocycles. The molecule has 156 valence electrons. The minimum Gasteiger partial charge on any atom is -0.492 e. The van der Waals surface area contributed by atoms with Crippen LogP contribution in [0.25, 0.3) is 6.08 Å². The molecule has 0 aliphatic carbocycles. The van der Waals surface area contributed by atoms with Crippen molar-refractivity contribution in [2.24, 2.45) is 0 Å². The van der Waals surface area contributed by atoms with Crippen molar-refractivity contribution < 1.29 is 23.5 Å². The first kappa shape index (κ1) is 23.0. The predicted octanol–water partition coefficient (Wildman–Crippen LogP) is 5.11. The van der Waals surface area contributed by atoms with Gasteiger partial charge in [0.15, 0.2) is 0 Å². The Labute approximate surface area is 203 Å². The summed E-state index contributed by atoms with van der Waals surface area (Å²) < 4.78 is 21.1. The smallest absolute Gasteiger partial charge is 0.294 e. The first-order chi connectivity index (χ1) is 14.3. The van der Waals surface area contributed by atoms with E-state index in [1.807, 2.05) is 19.1 Å². The number of hydrogen-bond donors (Lipinski definition) is 1. The Bertz CT molecular complexity index is 1040. The highest BCUT2D eigenvalue weighted by Crippen LogP contribution is 2.34. The summed E-state index contributed by atoms with van der Waals surface area (Å²) in [5.41, 5.74) is 0.733. The van der Waals surface area contributed by atoms with E-state index in [0.29, 0.717) is 6.61 Å². The van der Waals surface area contributed by atoms with Gasteiger partial charge in [-0.05, 0) is 99.8 Å². The van der Waals surface area contributed by atoms with Crippen LogP contribution in [0.15, 0.2) is 41.3 Å². The van der Waals surface area contributed by atoms with Crippen LogP contribution in [-0.4, -0.2) is 35.1 Å². The molecule has 6 nitrogen and oxygen atoms in total. The molecule has 30 heavy (non-hydrogen) atoms. The largest absolute Gasteiger partial charge is 0.492 e. The molecule has 0 bridgehead atoms. The van der Waals surface area contributed by atoms with Gasteiger partial charge in [0.05, 0.1) is 24.3 Å². The molecule has 1 aliphatic rings. The van der Waals surface area contributed by atoms with Crippen molar-refractivity contribution in [3.05, 3.63) is 59.8 Å². The number of anilines is 1. The Morgan fingerprint density at radius 1 is 1.23 bits per heavy atom. The topological polar surface area (TPSA) is 75.7 Å². The Morgan fingerprint density at radius 2 is 1.90 bits per heavy atom. The quantitative estimate of drug-likeness (QED) is 0.347. The second-order valence-corrected chi connectivity index (χ2v) is 9.36. The van der Waals surface area contributed by atoms with Gasteiger partial charge in [0, 0.05) is 0 Å². The minimum atomic E-state index is -0.659. The maximum atomic E-state index is 13.7. The highest BCUT2D eigenvalue weighted by atomic mass is 127. The van der Waals surface area contributed by atoms with Crippen molar-refractivity contribution in [1.29, 1.82) is 0 Å². The van der Waals surface area contributed by atoms with E-state index in [2.05, 4.69) is 50.5 Å². The number of carbonyl (C=O) groups is 3. The Balaban J connectivity index is 1.74. The van der Waals surface area contributed by atoms with Gasteiger partial charge in [-0.15, -0.1) is 0 Å². The molecular weight excluding hydrogens is 637 g/mol. The molecule has 0 saturated carbocycles. The molecule has 1 heterocycles. The highest BCUT2D eigenvalue weighted by molar-refractivity contribution is 14.1. The van der Waals surface area contributed by atoms with Crippen LogP contribution in [-0.2, 0) is 9.59 Å². The molecule has 0 atom stereocenters. The third-order valence-electron chi connectivity index (χ3n) is 3.93. The lowest BCUT2D eigenvalue weighted by Crippen LogP contribution is -2.36. The van der Waals surface area contributed by atoms with E-state index in [9.17, 15) is 18.8 Å². The number of benzene rings is 2. The van der Waals surface area contributed by atoms with Crippen LogP contribution in [0.3, 0.4) is 0 Å². The van der Waals surface area contributed by atoms with Crippen LogP contribution >= 0.6 is 56.9 Å². The molecule has 1 fully saturated rings. The van der Waals surface area contributed by atoms with Gasteiger partial charge in [0.25, 0.3) is 11.1 Å². The standard InChI is InChI=1S/C20H15FI2N2O4S/c1-2-29-18-13(22)7-11(8-14(18)23)9-16-19(27)25(20(28)30-16)10-17(26)24-15-6-4-3-5-12(15)21/h3-9H,2,10H2,1H3,(H,24,26)/b16-9-. The number of carbonyl (C=O) groups excluding carboxylic acids is 3. The van der Waals surface area contributed by atoms with E-state index in [4.69, 9.17) is 4.74 Å². The van der Waals surface area contributed by atoms with Crippen LogP contribution in [0.1, 0.15) is 12.5 Å². The van der Waals surface area contributed by atoms with Gasteiger partial charge in [0.1, 0.15) is 18.1 Å². The second kappa shape index (κ2) is 10.1. The highest BCUT2D eigenvalue weighted by Gasteiger charge is 2.36. The first-order valence-corrected chi connectivity index (χ1v) is 11.7. The Hall–Kier alpha value is -1.67. The lowest BCUT2D eigenvalue weighted by atomic mass is 10.2. The first-order valence-electron chi connectivity index (χ1n) is 8.71.